The Hall–Kier alpha value is -1.72. The maximum Gasteiger partial charge on any atom is 0.275 e. The van der Waals surface area contributed by atoms with Crippen molar-refractivity contribution >= 4 is 11.4 Å². The molecule has 0 aromatic heterocycles. The Morgan fingerprint density at radius 1 is 1.26 bits per heavy atom. The van der Waals surface area contributed by atoms with Crippen LogP contribution in [0, 0.1) is 27.7 Å². The molecule has 0 saturated heterocycles. The van der Waals surface area contributed by atoms with Crippen LogP contribution in [0.2, 0.25) is 0 Å². The predicted molar refractivity (Wildman–Crippen MR) is 70.2 cm³/mol. The smallest absolute Gasteiger partial charge is 0.275 e. The standard InChI is InChI=1S/C13H18F2N2O2/c1-4-9(5-2)8(3)16-13-11(14)6-10(17(18)19)7-12(13)15/h6-9,16H,4-5H2,1-3H3. The molecule has 0 heterocycles. The summed E-state index contributed by atoms with van der Waals surface area (Å²) in [5.74, 6) is -1.59. The minimum atomic E-state index is -0.940. The summed E-state index contributed by atoms with van der Waals surface area (Å²) in [7, 11) is 0. The van der Waals surface area contributed by atoms with Crippen LogP contribution in [0.25, 0.3) is 0 Å². The Balaban J connectivity index is 2.99. The quantitative estimate of drug-likeness (QED) is 0.626. The molecule has 1 atom stereocenters. The van der Waals surface area contributed by atoms with E-state index in [2.05, 4.69) is 5.32 Å². The number of nitrogens with zero attached hydrogens (tertiary/aromatic N) is 1. The van der Waals surface area contributed by atoms with E-state index >= 15 is 0 Å². The van der Waals surface area contributed by atoms with Crippen LogP contribution >= 0.6 is 0 Å². The predicted octanol–water partition coefficient (Wildman–Crippen LogP) is 4.11. The zero-order chi connectivity index (χ0) is 14.6. The summed E-state index contributed by atoms with van der Waals surface area (Å²) in [5, 5.41) is 13.3. The second-order valence-corrected chi connectivity index (χ2v) is 4.55. The minimum absolute atomic E-state index is 0.111. The molecular weight excluding hydrogens is 254 g/mol. The first-order valence-corrected chi connectivity index (χ1v) is 6.30. The molecule has 1 aromatic carbocycles. The lowest BCUT2D eigenvalue weighted by Crippen LogP contribution is -2.26. The van der Waals surface area contributed by atoms with Gasteiger partial charge in [-0.3, -0.25) is 10.1 Å². The van der Waals surface area contributed by atoms with Gasteiger partial charge in [0.1, 0.15) is 5.69 Å². The number of anilines is 1. The molecule has 1 aromatic rings. The molecule has 0 amide bonds. The van der Waals surface area contributed by atoms with Crippen LogP contribution in [-0.2, 0) is 0 Å². The highest BCUT2D eigenvalue weighted by Crippen LogP contribution is 2.27. The van der Waals surface area contributed by atoms with Crippen LogP contribution in [-0.4, -0.2) is 11.0 Å². The maximum absolute atomic E-state index is 13.7. The lowest BCUT2D eigenvalue weighted by Gasteiger charge is -2.24. The van der Waals surface area contributed by atoms with Gasteiger partial charge in [-0.1, -0.05) is 26.7 Å². The van der Waals surface area contributed by atoms with Crippen molar-refractivity contribution in [3.63, 3.8) is 0 Å². The molecule has 0 aliphatic heterocycles. The van der Waals surface area contributed by atoms with E-state index in [1.54, 1.807) is 0 Å². The van der Waals surface area contributed by atoms with Crippen molar-refractivity contribution in [2.75, 3.05) is 5.32 Å². The molecule has 6 heteroatoms. The van der Waals surface area contributed by atoms with Crippen molar-refractivity contribution in [2.45, 2.75) is 39.7 Å². The van der Waals surface area contributed by atoms with E-state index < -0.39 is 22.2 Å². The summed E-state index contributed by atoms with van der Waals surface area (Å²) in [6, 6.07) is 1.34. The summed E-state index contributed by atoms with van der Waals surface area (Å²) in [6.45, 7) is 5.86. The van der Waals surface area contributed by atoms with Crippen LogP contribution in [0.15, 0.2) is 12.1 Å². The SMILES string of the molecule is CCC(CC)C(C)Nc1c(F)cc([N+](=O)[O-])cc1F. The number of nitro benzene ring substituents is 1. The van der Waals surface area contributed by atoms with Crippen molar-refractivity contribution < 1.29 is 13.7 Å². The molecule has 106 valence electrons. The van der Waals surface area contributed by atoms with E-state index in [0.717, 1.165) is 25.0 Å². The molecule has 0 radical (unpaired) electrons. The number of rotatable bonds is 6. The average Bonchev–Trinajstić information content (AvgIpc) is 2.34. The normalized spacial score (nSPS) is 12.5. The number of hydrogen-bond acceptors (Lipinski definition) is 3. The lowest BCUT2D eigenvalue weighted by molar-refractivity contribution is -0.385. The minimum Gasteiger partial charge on any atom is -0.378 e. The number of benzene rings is 1. The Morgan fingerprint density at radius 3 is 2.11 bits per heavy atom. The van der Waals surface area contributed by atoms with Crippen LogP contribution in [0.4, 0.5) is 20.2 Å². The van der Waals surface area contributed by atoms with Crippen molar-refractivity contribution in [3.8, 4) is 0 Å². The van der Waals surface area contributed by atoms with Gasteiger partial charge >= 0.3 is 0 Å². The van der Waals surface area contributed by atoms with Gasteiger partial charge in [0.25, 0.3) is 5.69 Å². The largest absolute Gasteiger partial charge is 0.378 e. The van der Waals surface area contributed by atoms with E-state index in [0.29, 0.717) is 0 Å². The molecule has 0 spiro atoms. The number of hydrogen-bond donors (Lipinski definition) is 1. The monoisotopic (exact) mass is 272 g/mol. The third kappa shape index (κ3) is 3.62. The van der Waals surface area contributed by atoms with Gasteiger partial charge in [-0.05, 0) is 12.8 Å². The van der Waals surface area contributed by atoms with Gasteiger partial charge in [0.15, 0.2) is 11.6 Å². The van der Waals surface area contributed by atoms with Crippen LogP contribution in [0.1, 0.15) is 33.6 Å². The molecule has 19 heavy (non-hydrogen) atoms. The summed E-state index contributed by atoms with van der Waals surface area (Å²) < 4.78 is 27.4. The van der Waals surface area contributed by atoms with Gasteiger partial charge in [-0.15, -0.1) is 0 Å². The summed E-state index contributed by atoms with van der Waals surface area (Å²) >= 11 is 0. The Morgan fingerprint density at radius 2 is 1.74 bits per heavy atom. The number of halogens is 2. The maximum atomic E-state index is 13.7. The van der Waals surface area contributed by atoms with Gasteiger partial charge in [0, 0.05) is 6.04 Å². The zero-order valence-corrected chi connectivity index (χ0v) is 11.2. The second-order valence-electron chi connectivity index (χ2n) is 4.55. The summed E-state index contributed by atoms with van der Waals surface area (Å²) in [6.07, 6.45) is 1.78. The van der Waals surface area contributed by atoms with Crippen LogP contribution in [0.5, 0.6) is 0 Å². The van der Waals surface area contributed by atoms with Crippen molar-refractivity contribution in [2.24, 2.45) is 5.92 Å². The van der Waals surface area contributed by atoms with Crippen molar-refractivity contribution in [1.82, 2.24) is 0 Å². The van der Waals surface area contributed by atoms with Gasteiger partial charge < -0.3 is 5.32 Å². The summed E-state index contributed by atoms with van der Waals surface area (Å²) in [4.78, 5) is 9.67. The van der Waals surface area contributed by atoms with Crippen LogP contribution < -0.4 is 5.32 Å². The number of non-ortho nitro benzene ring substituents is 1. The second kappa shape index (κ2) is 6.45. The Labute approximate surface area is 111 Å². The van der Waals surface area contributed by atoms with Crippen molar-refractivity contribution in [3.05, 3.63) is 33.9 Å². The fraction of sp³-hybridized carbons (Fsp3) is 0.538. The molecule has 1 rings (SSSR count). The molecule has 1 unspecified atom stereocenters. The van der Waals surface area contributed by atoms with E-state index in [-0.39, 0.29) is 17.6 Å². The first-order valence-electron chi connectivity index (χ1n) is 6.30. The molecule has 0 saturated carbocycles. The van der Waals surface area contributed by atoms with Gasteiger partial charge in [0.2, 0.25) is 0 Å². The fourth-order valence-corrected chi connectivity index (χ4v) is 2.14. The van der Waals surface area contributed by atoms with E-state index in [9.17, 15) is 18.9 Å². The third-order valence-corrected chi connectivity index (χ3v) is 3.37. The third-order valence-electron chi connectivity index (χ3n) is 3.37. The number of nitro groups is 1. The molecule has 0 fully saturated rings. The summed E-state index contributed by atoms with van der Waals surface area (Å²) in [5.41, 5.74) is -0.888. The van der Waals surface area contributed by atoms with E-state index in [1.807, 2.05) is 20.8 Å². The molecule has 0 aliphatic rings. The van der Waals surface area contributed by atoms with E-state index in [4.69, 9.17) is 0 Å². The highest BCUT2D eigenvalue weighted by molar-refractivity contribution is 5.52. The highest BCUT2D eigenvalue weighted by Gasteiger charge is 2.20. The zero-order valence-electron chi connectivity index (χ0n) is 11.2. The van der Waals surface area contributed by atoms with Crippen molar-refractivity contribution in [1.29, 1.82) is 0 Å². The Bertz CT molecular complexity index is 439. The lowest BCUT2D eigenvalue weighted by atomic mass is 9.95. The van der Waals surface area contributed by atoms with E-state index in [1.165, 1.54) is 0 Å². The highest BCUT2D eigenvalue weighted by atomic mass is 19.1. The van der Waals surface area contributed by atoms with Gasteiger partial charge in [-0.25, -0.2) is 8.78 Å². The van der Waals surface area contributed by atoms with Gasteiger partial charge in [0.05, 0.1) is 17.1 Å². The fourth-order valence-electron chi connectivity index (χ4n) is 2.14. The average molecular weight is 272 g/mol. The molecule has 0 bridgehead atoms. The van der Waals surface area contributed by atoms with Gasteiger partial charge in [-0.2, -0.15) is 0 Å². The molecule has 0 aliphatic carbocycles. The molecule has 4 nitrogen and oxygen atoms in total. The number of nitrogens with one attached hydrogen (secondary N) is 1. The Kier molecular flexibility index (Phi) is 5.20. The molecule has 1 N–H and O–H groups in total. The van der Waals surface area contributed by atoms with Crippen LogP contribution in [0.3, 0.4) is 0 Å². The topological polar surface area (TPSA) is 55.2 Å². The first kappa shape index (κ1) is 15.3. The molecular formula is C13H18F2N2O2. The first-order chi connectivity index (χ1) is 8.90.